The number of nitrogens with zero attached hydrogens (tertiary/aromatic N) is 4. The van der Waals surface area contributed by atoms with Crippen LogP contribution in [-0.2, 0) is 4.79 Å². The lowest BCUT2D eigenvalue weighted by molar-refractivity contribution is -0.120. The summed E-state index contributed by atoms with van der Waals surface area (Å²) in [5.74, 6) is 0.326. The molecule has 0 unspecified atom stereocenters. The van der Waals surface area contributed by atoms with E-state index < -0.39 is 17.2 Å². The van der Waals surface area contributed by atoms with Gasteiger partial charge >= 0.3 is 6.03 Å². The molecule has 3 amide bonds. The highest BCUT2D eigenvalue weighted by Gasteiger charge is 2.33. The van der Waals surface area contributed by atoms with E-state index in [1.807, 2.05) is 26.0 Å². The van der Waals surface area contributed by atoms with Gasteiger partial charge in [0.1, 0.15) is 0 Å². The third-order valence-corrected chi connectivity index (χ3v) is 5.34. The van der Waals surface area contributed by atoms with Crippen LogP contribution >= 0.6 is 11.8 Å². The van der Waals surface area contributed by atoms with E-state index in [1.165, 1.54) is 11.8 Å². The minimum absolute atomic E-state index is 0.00412. The van der Waals surface area contributed by atoms with Crippen LogP contribution in [0, 0.1) is 5.92 Å². The Bertz CT molecular complexity index is 772. The average molecular weight is 360 g/mol. The number of hydrogen-bond donors (Lipinski definition) is 2. The third kappa shape index (κ3) is 3.98. The van der Waals surface area contributed by atoms with Crippen molar-refractivity contribution >= 4 is 23.7 Å². The number of primary amides is 1. The van der Waals surface area contributed by atoms with Gasteiger partial charge in [-0.05, 0) is 30.9 Å². The number of carbonyl (C=O) groups is 2. The zero-order valence-corrected chi connectivity index (χ0v) is 14.9. The van der Waals surface area contributed by atoms with Gasteiger partial charge in [0.05, 0.1) is 5.25 Å². The van der Waals surface area contributed by atoms with Crippen molar-refractivity contribution in [2.24, 2.45) is 11.7 Å². The van der Waals surface area contributed by atoms with Crippen LogP contribution in [0.2, 0.25) is 0 Å². The fourth-order valence-corrected chi connectivity index (χ4v) is 3.61. The molecule has 1 atom stereocenters. The third-order valence-electron chi connectivity index (χ3n) is 3.84. The molecule has 9 heteroatoms. The summed E-state index contributed by atoms with van der Waals surface area (Å²) < 4.78 is 2.06. The van der Waals surface area contributed by atoms with Gasteiger partial charge in [-0.15, -0.1) is 10.2 Å². The minimum atomic E-state index is -0.851. The van der Waals surface area contributed by atoms with Gasteiger partial charge in [-0.25, -0.2) is 4.79 Å². The molecule has 0 aromatic carbocycles. The molecule has 0 spiro atoms. The molecule has 1 aliphatic carbocycles. The van der Waals surface area contributed by atoms with Crippen molar-refractivity contribution in [3.63, 3.8) is 0 Å². The molecule has 3 rings (SSSR count). The van der Waals surface area contributed by atoms with Gasteiger partial charge in [-0.1, -0.05) is 25.6 Å². The van der Waals surface area contributed by atoms with E-state index in [4.69, 9.17) is 5.73 Å². The summed E-state index contributed by atoms with van der Waals surface area (Å²) in [6, 6.07) is 3.27. The second-order valence-electron chi connectivity index (χ2n) is 6.29. The van der Waals surface area contributed by atoms with Crippen LogP contribution in [0.4, 0.5) is 4.79 Å². The summed E-state index contributed by atoms with van der Waals surface area (Å²) in [4.78, 5) is 27.4. The summed E-state index contributed by atoms with van der Waals surface area (Å²) in [6.45, 7) is 3.83. The number of amides is 3. The maximum atomic E-state index is 12.3. The number of thioether (sulfide) groups is 1. The molecule has 3 N–H and O–H groups in total. The number of aromatic nitrogens is 4. The van der Waals surface area contributed by atoms with E-state index in [0.717, 1.165) is 24.2 Å². The first-order chi connectivity index (χ1) is 12.0. The van der Waals surface area contributed by atoms with Crippen LogP contribution in [0.25, 0.3) is 11.4 Å². The number of carbonyl (C=O) groups excluding carboxylic acids is 2. The van der Waals surface area contributed by atoms with Crippen LogP contribution in [0.1, 0.15) is 32.7 Å². The molecular formula is C16H20N6O2S. The van der Waals surface area contributed by atoms with Crippen molar-refractivity contribution in [3.05, 3.63) is 24.5 Å². The molecule has 0 aliphatic heterocycles. The number of imide groups is 1. The number of urea groups is 1. The van der Waals surface area contributed by atoms with E-state index >= 15 is 0 Å². The van der Waals surface area contributed by atoms with Gasteiger partial charge in [0, 0.05) is 24.0 Å². The molecule has 132 valence electrons. The van der Waals surface area contributed by atoms with Crippen LogP contribution in [0.3, 0.4) is 0 Å². The highest BCUT2D eigenvalue weighted by atomic mass is 32.2. The lowest BCUT2D eigenvalue weighted by Gasteiger charge is -2.19. The Balaban J connectivity index is 1.90. The van der Waals surface area contributed by atoms with Gasteiger partial charge < -0.3 is 5.73 Å². The van der Waals surface area contributed by atoms with Crippen LogP contribution in [0.5, 0.6) is 0 Å². The highest BCUT2D eigenvalue weighted by Crippen LogP contribution is 2.42. The monoisotopic (exact) mass is 360 g/mol. The van der Waals surface area contributed by atoms with Gasteiger partial charge in [0.15, 0.2) is 11.0 Å². The molecule has 1 saturated carbocycles. The first kappa shape index (κ1) is 17.4. The SMILES string of the molecule is CC(C)[C@H](Sc1nnc(-c2cccnc2)n1C1CC1)C(=O)NC(N)=O. The summed E-state index contributed by atoms with van der Waals surface area (Å²) >= 11 is 1.31. The lowest BCUT2D eigenvalue weighted by Crippen LogP contribution is -2.42. The average Bonchev–Trinajstić information content (AvgIpc) is 3.32. The second kappa shape index (κ2) is 7.22. The first-order valence-corrected chi connectivity index (χ1v) is 8.97. The van der Waals surface area contributed by atoms with Crippen molar-refractivity contribution in [3.8, 4) is 11.4 Å². The van der Waals surface area contributed by atoms with Crippen LogP contribution in [0.15, 0.2) is 29.7 Å². The molecule has 1 aliphatic rings. The van der Waals surface area contributed by atoms with Crippen LogP contribution < -0.4 is 11.1 Å². The predicted octanol–water partition coefficient (Wildman–Crippen LogP) is 1.99. The zero-order chi connectivity index (χ0) is 18.0. The Kier molecular flexibility index (Phi) is 5.03. The highest BCUT2D eigenvalue weighted by molar-refractivity contribution is 8.00. The summed E-state index contributed by atoms with van der Waals surface area (Å²) in [7, 11) is 0. The van der Waals surface area contributed by atoms with E-state index in [9.17, 15) is 9.59 Å². The first-order valence-electron chi connectivity index (χ1n) is 8.09. The van der Waals surface area contributed by atoms with Crippen molar-refractivity contribution in [2.45, 2.75) is 43.1 Å². The smallest absolute Gasteiger partial charge is 0.318 e. The molecule has 2 aromatic rings. The van der Waals surface area contributed by atoms with Crippen molar-refractivity contribution < 1.29 is 9.59 Å². The number of nitrogens with two attached hydrogens (primary N) is 1. The molecule has 1 fully saturated rings. The number of pyridine rings is 1. The van der Waals surface area contributed by atoms with E-state index in [0.29, 0.717) is 11.2 Å². The molecule has 0 saturated heterocycles. The number of rotatable bonds is 6. The van der Waals surface area contributed by atoms with E-state index in [-0.39, 0.29) is 5.92 Å². The Morgan fingerprint density at radius 1 is 1.36 bits per heavy atom. The standard InChI is InChI=1S/C16H20N6O2S/c1-9(2)12(14(23)19-15(17)24)25-16-21-20-13(22(16)11-5-6-11)10-4-3-7-18-8-10/h3-4,7-9,11-12H,5-6H2,1-2H3,(H3,17,19,23,24)/t12-/m0/s1. The van der Waals surface area contributed by atoms with Gasteiger partial charge in [0.25, 0.3) is 0 Å². The quantitative estimate of drug-likeness (QED) is 0.761. The van der Waals surface area contributed by atoms with Crippen molar-refractivity contribution in [1.29, 1.82) is 0 Å². The maximum Gasteiger partial charge on any atom is 0.318 e. The number of hydrogen-bond acceptors (Lipinski definition) is 6. The molecular weight excluding hydrogens is 340 g/mol. The summed E-state index contributed by atoms with van der Waals surface area (Å²) in [5, 5.41) is 10.9. The van der Waals surface area contributed by atoms with Gasteiger partial charge in [-0.2, -0.15) is 0 Å². The molecule has 2 heterocycles. The topological polar surface area (TPSA) is 116 Å². The molecule has 8 nitrogen and oxygen atoms in total. The summed E-state index contributed by atoms with van der Waals surface area (Å²) in [5.41, 5.74) is 5.96. The van der Waals surface area contributed by atoms with Gasteiger partial charge in [-0.3, -0.25) is 19.7 Å². The van der Waals surface area contributed by atoms with E-state index in [1.54, 1.807) is 12.4 Å². The molecule has 0 bridgehead atoms. The largest absolute Gasteiger partial charge is 0.351 e. The summed E-state index contributed by atoms with van der Waals surface area (Å²) in [6.07, 6.45) is 5.56. The normalized spacial score (nSPS) is 15.2. The Hall–Kier alpha value is -2.42. The minimum Gasteiger partial charge on any atom is -0.351 e. The molecule has 0 radical (unpaired) electrons. The Morgan fingerprint density at radius 2 is 2.12 bits per heavy atom. The Morgan fingerprint density at radius 3 is 2.68 bits per heavy atom. The van der Waals surface area contributed by atoms with Crippen molar-refractivity contribution in [1.82, 2.24) is 25.1 Å². The zero-order valence-electron chi connectivity index (χ0n) is 14.0. The van der Waals surface area contributed by atoms with E-state index in [2.05, 4.69) is 25.1 Å². The number of nitrogens with one attached hydrogen (secondary N) is 1. The lowest BCUT2D eigenvalue weighted by atomic mass is 10.1. The predicted molar refractivity (Wildman–Crippen MR) is 93.7 cm³/mol. The van der Waals surface area contributed by atoms with Gasteiger partial charge in [0.2, 0.25) is 5.91 Å². The fraction of sp³-hybridized carbons (Fsp3) is 0.438. The fourth-order valence-electron chi connectivity index (χ4n) is 2.51. The van der Waals surface area contributed by atoms with Crippen molar-refractivity contribution in [2.75, 3.05) is 0 Å². The second-order valence-corrected chi connectivity index (χ2v) is 7.39. The maximum absolute atomic E-state index is 12.3. The molecule has 2 aromatic heterocycles. The van der Waals surface area contributed by atoms with Crippen LogP contribution in [-0.4, -0.2) is 36.9 Å². The Labute approximate surface area is 149 Å². The molecule has 25 heavy (non-hydrogen) atoms.